The van der Waals surface area contributed by atoms with Crippen molar-refractivity contribution >= 4 is 87.0 Å². The number of imide groups is 2. The number of hydrogen-bond donors (Lipinski definition) is 1. The maximum absolute atomic E-state index is 13.1. The van der Waals surface area contributed by atoms with Gasteiger partial charge in [-0.05, 0) is 88.7 Å². The van der Waals surface area contributed by atoms with Crippen LogP contribution in [0.4, 0.5) is 10.5 Å². The zero-order chi connectivity index (χ0) is 25.3. The molecule has 1 aliphatic heterocycles. The first-order valence-electron chi connectivity index (χ1n) is 10.2. The lowest BCUT2D eigenvalue weighted by atomic mass is 10.1. The molecule has 4 amide bonds. The molecule has 3 aromatic carbocycles. The predicted molar refractivity (Wildman–Crippen MR) is 145 cm³/mol. The number of carbonyl (C=O) groups excluding carboxylic acids is 3. The summed E-state index contributed by atoms with van der Waals surface area (Å²) in [7, 11) is 0. The van der Waals surface area contributed by atoms with Gasteiger partial charge in [0.2, 0.25) is 0 Å². The van der Waals surface area contributed by atoms with Crippen molar-refractivity contribution < 1.29 is 19.1 Å². The van der Waals surface area contributed by atoms with Crippen LogP contribution in [-0.2, 0) is 16.2 Å². The summed E-state index contributed by atoms with van der Waals surface area (Å²) in [5.41, 5.74) is 2.07. The molecule has 0 aromatic heterocycles. The summed E-state index contributed by atoms with van der Waals surface area (Å²) >= 11 is 21.2. The summed E-state index contributed by atoms with van der Waals surface area (Å²) in [5.74, 6) is -1.36. The molecule has 3 aromatic rings. The fourth-order valence-corrected chi connectivity index (χ4v) is 4.46. The van der Waals surface area contributed by atoms with Gasteiger partial charge in [0.05, 0.1) is 15.7 Å². The van der Waals surface area contributed by atoms with E-state index < -0.39 is 17.8 Å². The Labute approximate surface area is 229 Å². The first-order valence-corrected chi connectivity index (χ1v) is 12.4. The molecule has 0 radical (unpaired) electrons. The number of nitrogens with zero attached hydrogens (tertiary/aromatic N) is 1. The zero-order valence-electron chi connectivity index (χ0n) is 18.1. The maximum atomic E-state index is 13.1. The minimum Gasteiger partial charge on any atom is -0.486 e. The van der Waals surface area contributed by atoms with Crippen LogP contribution in [0.3, 0.4) is 0 Å². The third kappa shape index (κ3) is 5.64. The molecule has 1 aliphatic rings. The summed E-state index contributed by atoms with van der Waals surface area (Å²) < 4.78 is 6.90. The lowest BCUT2D eigenvalue weighted by molar-refractivity contribution is -0.122. The minimum atomic E-state index is -0.868. The van der Waals surface area contributed by atoms with Crippen molar-refractivity contribution in [2.45, 2.75) is 13.5 Å². The van der Waals surface area contributed by atoms with Gasteiger partial charge >= 0.3 is 6.03 Å². The quantitative estimate of drug-likeness (QED) is 0.189. The van der Waals surface area contributed by atoms with Gasteiger partial charge in [0.25, 0.3) is 11.8 Å². The Hall–Kier alpha value is -2.59. The highest BCUT2D eigenvalue weighted by Crippen LogP contribution is 2.36. The number of nitrogens with one attached hydrogen (secondary N) is 1. The third-order valence-corrected chi connectivity index (χ3v) is 6.83. The second-order valence-corrected chi connectivity index (χ2v) is 10.1. The summed E-state index contributed by atoms with van der Waals surface area (Å²) in [6.07, 6.45) is 1.31. The lowest BCUT2D eigenvalue weighted by Crippen LogP contribution is -2.54. The Morgan fingerprint density at radius 3 is 2.23 bits per heavy atom. The standard InChI is InChI=1S/C25H16Cl3IN2O4/c1-13-2-7-17(11-19(13)26)31-24(33)18(23(32)30-25(31)34)8-15-9-20(27)22(21(28)10-15)35-12-14-3-5-16(29)6-4-14/h2-11H,12H2,1H3,(H,30,32,34)/b18-8-. The van der Waals surface area contributed by atoms with Crippen molar-refractivity contribution in [1.29, 1.82) is 0 Å². The van der Waals surface area contributed by atoms with Crippen LogP contribution >= 0.6 is 57.4 Å². The highest BCUT2D eigenvalue weighted by molar-refractivity contribution is 14.1. The lowest BCUT2D eigenvalue weighted by Gasteiger charge is -2.26. The number of anilines is 1. The molecule has 1 N–H and O–H groups in total. The fraction of sp³-hybridized carbons (Fsp3) is 0.0800. The molecule has 1 heterocycles. The topological polar surface area (TPSA) is 75.7 Å². The molecule has 6 nitrogen and oxygen atoms in total. The summed E-state index contributed by atoms with van der Waals surface area (Å²) in [6.45, 7) is 2.05. The van der Waals surface area contributed by atoms with E-state index in [2.05, 4.69) is 27.9 Å². The highest BCUT2D eigenvalue weighted by Gasteiger charge is 2.37. The Balaban J connectivity index is 1.61. The van der Waals surface area contributed by atoms with E-state index in [4.69, 9.17) is 39.5 Å². The van der Waals surface area contributed by atoms with Crippen molar-refractivity contribution in [3.8, 4) is 5.75 Å². The molecule has 4 rings (SSSR count). The molecule has 178 valence electrons. The van der Waals surface area contributed by atoms with Crippen molar-refractivity contribution in [2.75, 3.05) is 4.90 Å². The number of carbonyl (C=O) groups is 3. The van der Waals surface area contributed by atoms with E-state index in [0.29, 0.717) is 10.6 Å². The number of hydrogen-bond acceptors (Lipinski definition) is 4. The van der Waals surface area contributed by atoms with Crippen molar-refractivity contribution in [2.24, 2.45) is 0 Å². The van der Waals surface area contributed by atoms with E-state index in [0.717, 1.165) is 19.6 Å². The van der Waals surface area contributed by atoms with Gasteiger partial charge in [-0.1, -0.05) is 53.0 Å². The number of aryl methyl sites for hydroxylation is 1. The highest BCUT2D eigenvalue weighted by atomic mass is 127. The molecule has 35 heavy (non-hydrogen) atoms. The van der Waals surface area contributed by atoms with E-state index in [1.165, 1.54) is 24.3 Å². The molecule has 0 spiro atoms. The average Bonchev–Trinajstić information content (AvgIpc) is 2.79. The monoisotopic (exact) mass is 640 g/mol. The number of benzene rings is 3. The van der Waals surface area contributed by atoms with Gasteiger partial charge in [0.1, 0.15) is 12.2 Å². The van der Waals surface area contributed by atoms with Crippen LogP contribution in [0.25, 0.3) is 6.08 Å². The molecule has 0 aliphatic carbocycles. The van der Waals surface area contributed by atoms with Gasteiger partial charge in [-0.3, -0.25) is 14.9 Å². The van der Waals surface area contributed by atoms with Crippen LogP contribution in [0.15, 0.2) is 60.2 Å². The number of urea groups is 1. The van der Waals surface area contributed by atoms with Gasteiger partial charge in [0, 0.05) is 8.59 Å². The first kappa shape index (κ1) is 25.5. The summed E-state index contributed by atoms with van der Waals surface area (Å²) in [5, 5.41) is 2.96. The molecule has 0 atom stereocenters. The van der Waals surface area contributed by atoms with E-state index in [-0.39, 0.29) is 33.7 Å². The minimum absolute atomic E-state index is 0.205. The van der Waals surface area contributed by atoms with Crippen LogP contribution < -0.4 is 15.0 Å². The largest absolute Gasteiger partial charge is 0.486 e. The molecule has 0 unspecified atom stereocenters. The molecule has 1 fully saturated rings. The smallest absolute Gasteiger partial charge is 0.335 e. The van der Waals surface area contributed by atoms with E-state index in [9.17, 15) is 14.4 Å². The van der Waals surface area contributed by atoms with Crippen molar-refractivity contribution in [3.05, 3.63) is 95.5 Å². The van der Waals surface area contributed by atoms with E-state index in [1.807, 2.05) is 24.3 Å². The second kappa shape index (κ2) is 10.6. The zero-order valence-corrected chi connectivity index (χ0v) is 22.5. The molecular formula is C25H16Cl3IN2O4. The number of barbiturate groups is 1. The predicted octanol–water partition coefficient (Wildman–Crippen LogP) is 6.81. The Kier molecular flexibility index (Phi) is 7.70. The van der Waals surface area contributed by atoms with Crippen LogP contribution in [0.1, 0.15) is 16.7 Å². The van der Waals surface area contributed by atoms with Crippen molar-refractivity contribution in [3.63, 3.8) is 0 Å². The number of rotatable bonds is 5. The van der Waals surface area contributed by atoms with Gasteiger partial charge < -0.3 is 4.74 Å². The molecular weight excluding hydrogens is 626 g/mol. The van der Waals surface area contributed by atoms with E-state index >= 15 is 0 Å². The van der Waals surface area contributed by atoms with Crippen LogP contribution in [-0.4, -0.2) is 17.8 Å². The van der Waals surface area contributed by atoms with Gasteiger partial charge in [-0.2, -0.15) is 0 Å². The van der Waals surface area contributed by atoms with Crippen LogP contribution in [0.5, 0.6) is 5.75 Å². The van der Waals surface area contributed by atoms with E-state index in [1.54, 1.807) is 19.1 Å². The number of amides is 4. The van der Waals surface area contributed by atoms with Gasteiger partial charge in [0.15, 0.2) is 5.75 Å². The first-order chi connectivity index (χ1) is 16.6. The fourth-order valence-electron chi connectivity index (χ4n) is 3.32. The second-order valence-electron chi connectivity index (χ2n) is 7.62. The normalized spacial score (nSPS) is 14.9. The molecule has 10 heteroatoms. The molecule has 0 bridgehead atoms. The van der Waals surface area contributed by atoms with Gasteiger partial charge in [-0.15, -0.1) is 0 Å². The summed E-state index contributed by atoms with van der Waals surface area (Å²) in [6, 6.07) is 14.7. The van der Waals surface area contributed by atoms with Crippen LogP contribution in [0.2, 0.25) is 15.1 Å². The average molecular weight is 642 g/mol. The number of halogens is 4. The maximum Gasteiger partial charge on any atom is 0.335 e. The molecule has 1 saturated heterocycles. The number of ether oxygens (including phenoxy) is 1. The van der Waals surface area contributed by atoms with Crippen LogP contribution in [0, 0.1) is 10.5 Å². The Bertz CT molecular complexity index is 1370. The molecule has 0 saturated carbocycles. The van der Waals surface area contributed by atoms with Crippen molar-refractivity contribution in [1.82, 2.24) is 5.32 Å². The Morgan fingerprint density at radius 1 is 0.943 bits per heavy atom. The van der Waals surface area contributed by atoms with Gasteiger partial charge in [-0.25, -0.2) is 9.69 Å². The Morgan fingerprint density at radius 2 is 1.60 bits per heavy atom. The summed E-state index contributed by atoms with van der Waals surface area (Å²) in [4.78, 5) is 38.8. The SMILES string of the molecule is Cc1ccc(N2C(=O)NC(=O)/C(=C/c3cc(Cl)c(OCc4ccc(I)cc4)c(Cl)c3)C2=O)cc1Cl. The third-order valence-electron chi connectivity index (χ3n) is 5.14.